The predicted molar refractivity (Wildman–Crippen MR) is 168 cm³/mol. The minimum Gasteiger partial charge on any atom is -0.462 e. The molecule has 0 spiro atoms. The highest BCUT2D eigenvalue weighted by Crippen LogP contribution is 2.36. The van der Waals surface area contributed by atoms with E-state index in [4.69, 9.17) is 18.9 Å². The van der Waals surface area contributed by atoms with Gasteiger partial charge in [-0.2, -0.15) is 13.2 Å². The van der Waals surface area contributed by atoms with Crippen LogP contribution >= 0.6 is 67.8 Å². The van der Waals surface area contributed by atoms with Crippen LogP contribution in [-0.4, -0.2) is 86.3 Å². The molecule has 1 aromatic rings. The fraction of sp³-hybridized carbons (Fsp3) is 0.458. The molecule has 44 heavy (non-hydrogen) atoms. The minimum atomic E-state index is -5.32. The van der Waals surface area contributed by atoms with E-state index in [0.29, 0.717) is 0 Å². The molecule has 0 aromatic heterocycles. The van der Waals surface area contributed by atoms with Gasteiger partial charge in [0.15, 0.2) is 12.2 Å². The van der Waals surface area contributed by atoms with Crippen molar-refractivity contribution in [3.63, 3.8) is 0 Å². The van der Waals surface area contributed by atoms with Crippen LogP contribution in [0, 0.1) is 10.7 Å². The van der Waals surface area contributed by atoms with Crippen LogP contribution in [0.3, 0.4) is 0 Å². The number of carbonyl (C=O) groups is 7. The van der Waals surface area contributed by atoms with E-state index in [1.54, 1.807) is 27.9 Å². The van der Waals surface area contributed by atoms with Gasteiger partial charge in [0, 0.05) is 31.3 Å². The first kappa shape index (κ1) is 39.5. The Morgan fingerprint density at radius 1 is 0.659 bits per heavy atom. The Balaban J connectivity index is 3.54. The van der Waals surface area contributed by atoms with Crippen molar-refractivity contribution in [2.75, 3.05) is 31.6 Å². The van der Waals surface area contributed by atoms with E-state index in [1.807, 2.05) is 0 Å². The van der Waals surface area contributed by atoms with Crippen LogP contribution in [0.15, 0.2) is 0 Å². The van der Waals surface area contributed by atoms with Gasteiger partial charge in [-0.25, -0.2) is 0 Å². The quantitative estimate of drug-likeness (QED) is 0.150. The van der Waals surface area contributed by atoms with Crippen LogP contribution in [0.1, 0.15) is 48.4 Å². The zero-order chi connectivity index (χ0) is 33.9. The molecule has 0 aliphatic heterocycles. The smallest absolute Gasteiger partial charge is 0.462 e. The number of anilines is 1. The van der Waals surface area contributed by atoms with Gasteiger partial charge in [-0.15, -0.1) is 0 Å². The zero-order valence-electron chi connectivity index (χ0n) is 23.2. The van der Waals surface area contributed by atoms with Crippen LogP contribution < -0.4 is 16.0 Å². The monoisotopic (exact) mass is 969 g/mol. The largest absolute Gasteiger partial charge is 0.471 e. The summed E-state index contributed by atoms with van der Waals surface area (Å²) in [5.74, 6) is -7.17. The fourth-order valence-corrected chi connectivity index (χ4v) is 7.52. The lowest BCUT2D eigenvalue weighted by Gasteiger charge is -2.22. The van der Waals surface area contributed by atoms with Gasteiger partial charge in [-0.3, -0.25) is 33.6 Å². The molecule has 0 saturated heterocycles. The van der Waals surface area contributed by atoms with Crippen molar-refractivity contribution in [1.29, 1.82) is 0 Å². The van der Waals surface area contributed by atoms with Crippen LogP contribution in [0.5, 0.6) is 0 Å². The molecular formula is C24H25F3I3N3O11. The fourth-order valence-electron chi connectivity index (χ4n) is 3.11. The van der Waals surface area contributed by atoms with Crippen molar-refractivity contribution in [3.05, 3.63) is 21.8 Å². The Kier molecular flexibility index (Phi) is 16.0. The molecule has 0 bridgehead atoms. The van der Waals surface area contributed by atoms with E-state index < -0.39 is 92.0 Å². The Morgan fingerprint density at radius 2 is 1.02 bits per heavy atom. The number of halogens is 6. The summed E-state index contributed by atoms with van der Waals surface area (Å²) in [5.41, 5.74) is -1.14. The van der Waals surface area contributed by atoms with E-state index in [9.17, 15) is 46.7 Å². The van der Waals surface area contributed by atoms with Crippen molar-refractivity contribution in [3.8, 4) is 0 Å². The summed E-state index contributed by atoms with van der Waals surface area (Å²) in [4.78, 5) is 83.7. The highest BCUT2D eigenvalue weighted by Gasteiger charge is 2.40. The highest BCUT2D eigenvalue weighted by molar-refractivity contribution is 14.1. The molecule has 0 aliphatic carbocycles. The normalized spacial score (nSPS) is 12.2. The van der Waals surface area contributed by atoms with Gasteiger partial charge in [0.1, 0.15) is 13.2 Å². The first-order valence-electron chi connectivity index (χ1n) is 12.0. The van der Waals surface area contributed by atoms with Gasteiger partial charge in [0.25, 0.3) is 11.8 Å². The molecular weight excluding hydrogens is 944 g/mol. The van der Waals surface area contributed by atoms with Crippen molar-refractivity contribution < 1.29 is 65.7 Å². The number of hydrogen-bond donors (Lipinski definition) is 3. The second kappa shape index (κ2) is 17.8. The van der Waals surface area contributed by atoms with Crippen LogP contribution in [-0.2, 0) is 42.9 Å². The summed E-state index contributed by atoms with van der Waals surface area (Å²) in [6.07, 6.45) is -7.59. The van der Waals surface area contributed by atoms with Gasteiger partial charge in [-0.05, 0) is 67.8 Å². The first-order valence-corrected chi connectivity index (χ1v) is 15.3. The molecule has 1 aromatic carbocycles. The van der Waals surface area contributed by atoms with E-state index in [2.05, 4.69) is 10.6 Å². The second-order valence-electron chi connectivity index (χ2n) is 8.51. The van der Waals surface area contributed by atoms with E-state index >= 15 is 0 Å². The van der Waals surface area contributed by atoms with E-state index in [-0.39, 0.29) is 21.8 Å². The zero-order valence-corrected chi connectivity index (χ0v) is 29.7. The molecule has 0 fully saturated rings. The van der Waals surface area contributed by atoms with Crippen LogP contribution in [0.25, 0.3) is 0 Å². The summed E-state index contributed by atoms with van der Waals surface area (Å²) in [5, 5.41) is 6.51. The third kappa shape index (κ3) is 12.8. The number of alkyl halides is 3. The molecule has 1 rings (SSSR count). The van der Waals surface area contributed by atoms with E-state index in [1.165, 1.54) is 45.2 Å². The lowest BCUT2D eigenvalue weighted by molar-refractivity contribution is -0.167. The topological polar surface area (TPSA) is 192 Å². The number of nitrogens with one attached hydrogen (secondary N) is 3. The molecule has 0 aliphatic rings. The lowest BCUT2D eigenvalue weighted by Crippen LogP contribution is -2.40. The Morgan fingerprint density at radius 3 is 1.32 bits per heavy atom. The summed E-state index contributed by atoms with van der Waals surface area (Å²) in [7, 11) is 0. The number of esters is 4. The SMILES string of the molecule is CC(=O)OCC(CNC(=O)c1c(I)c(NC(=O)C(F)(F)F)c(I)c(C(=O)NCC(COC(C)=O)OC(C)=O)c1I)OC(C)=O. The Labute approximate surface area is 289 Å². The number of ether oxygens (including phenoxy) is 4. The minimum absolute atomic E-state index is 0.0514. The Hall–Kier alpha value is -2.51. The second-order valence-corrected chi connectivity index (χ2v) is 11.7. The molecule has 0 heterocycles. The number of hydrogen-bond acceptors (Lipinski definition) is 11. The molecule has 2 unspecified atom stereocenters. The number of carbonyl (C=O) groups excluding carboxylic acids is 7. The summed E-state index contributed by atoms with van der Waals surface area (Å²) < 4.78 is 58.7. The summed E-state index contributed by atoms with van der Waals surface area (Å²) >= 11 is 4.68. The van der Waals surface area contributed by atoms with Crippen molar-refractivity contribution in [2.24, 2.45) is 0 Å². The van der Waals surface area contributed by atoms with Crippen molar-refractivity contribution in [1.82, 2.24) is 10.6 Å². The van der Waals surface area contributed by atoms with Crippen molar-refractivity contribution in [2.45, 2.75) is 46.1 Å². The molecule has 0 radical (unpaired) electrons. The van der Waals surface area contributed by atoms with Gasteiger partial charge in [-0.1, -0.05) is 0 Å². The average Bonchev–Trinajstić information content (AvgIpc) is 2.88. The molecule has 0 saturated carbocycles. The standard InChI is InChI=1S/C24H25F3I3N3O11/c1-9(34)41-7-13(43-11(3)36)5-31-21(38)15-17(28)16(19(30)20(18(15)29)33-23(40)24(25,26)27)22(39)32-6-14(44-12(4)37)8-42-10(2)35/h13-14H,5-8H2,1-4H3,(H,31,38)(H,32,39)(H,33,40). The number of rotatable bonds is 13. The number of benzene rings is 1. The third-order valence-electron chi connectivity index (χ3n) is 4.86. The molecule has 3 N–H and O–H groups in total. The van der Waals surface area contributed by atoms with E-state index in [0.717, 1.165) is 27.7 Å². The van der Waals surface area contributed by atoms with Gasteiger partial charge < -0.3 is 34.9 Å². The lowest BCUT2D eigenvalue weighted by atomic mass is 10.1. The van der Waals surface area contributed by atoms with Gasteiger partial charge in [0.05, 0.1) is 37.0 Å². The third-order valence-corrected chi connectivity index (χ3v) is 8.09. The summed E-state index contributed by atoms with van der Waals surface area (Å²) in [6, 6.07) is 0. The molecule has 14 nitrogen and oxygen atoms in total. The average molecular weight is 969 g/mol. The highest BCUT2D eigenvalue weighted by atomic mass is 127. The molecule has 20 heteroatoms. The maximum Gasteiger partial charge on any atom is 0.471 e. The van der Waals surface area contributed by atoms with Crippen molar-refractivity contribution >= 4 is 115 Å². The molecule has 244 valence electrons. The van der Waals surface area contributed by atoms with Gasteiger partial charge in [0.2, 0.25) is 0 Å². The van der Waals surface area contributed by atoms with Crippen LogP contribution in [0.2, 0.25) is 0 Å². The van der Waals surface area contributed by atoms with Crippen LogP contribution in [0.4, 0.5) is 18.9 Å². The predicted octanol–water partition coefficient (Wildman–Crippen LogP) is 2.45. The Bertz CT molecular complexity index is 1240. The maximum absolute atomic E-state index is 13.3. The van der Waals surface area contributed by atoms with Gasteiger partial charge >= 0.3 is 36.0 Å². The molecule has 2 atom stereocenters. The molecule has 3 amide bonds. The number of amides is 3. The maximum atomic E-state index is 13.3. The summed E-state index contributed by atoms with van der Waals surface area (Å²) in [6.45, 7) is 2.70. The first-order chi connectivity index (χ1) is 20.3.